The molecule has 0 rings (SSSR count). The fraction of sp³-hybridized carbons (Fsp3) is 0.571. The smallest absolute Gasteiger partial charge is 0.312 e. The summed E-state index contributed by atoms with van der Waals surface area (Å²) in [6.07, 6.45) is -0.158. The van der Waals surface area contributed by atoms with Crippen LogP contribution in [0.1, 0.15) is 13.3 Å². The van der Waals surface area contributed by atoms with Crippen LogP contribution in [-0.2, 0) is 9.59 Å². The van der Waals surface area contributed by atoms with Gasteiger partial charge in [0.25, 0.3) is 0 Å². The van der Waals surface area contributed by atoms with Crippen LogP contribution in [0.25, 0.3) is 0 Å². The summed E-state index contributed by atoms with van der Waals surface area (Å²) >= 11 is 0. The molecule has 0 spiro atoms. The Morgan fingerprint density at radius 1 is 1.43 bits per heavy atom. The van der Waals surface area contributed by atoms with Crippen molar-refractivity contribution in [3.05, 3.63) is 0 Å². The molecule has 3 amide bonds. The zero-order valence-electron chi connectivity index (χ0n) is 7.74. The molecular formula is C7H13N3O4. The normalized spacial score (nSPS) is 11.5. The monoisotopic (exact) mass is 203 g/mol. The lowest BCUT2D eigenvalue weighted by atomic mass is 10.3. The molecule has 0 saturated heterocycles. The molecule has 0 aromatic carbocycles. The number of aliphatic carboxylic acids is 1. The Kier molecular flexibility index (Phi) is 5.05. The van der Waals surface area contributed by atoms with Crippen LogP contribution in [0.5, 0.6) is 0 Å². The zero-order chi connectivity index (χ0) is 11.1. The van der Waals surface area contributed by atoms with E-state index in [-0.39, 0.29) is 13.0 Å². The minimum atomic E-state index is -0.999. The van der Waals surface area contributed by atoms with E-state index in [1.807, 2.05) is 0 Å². The van der Waals surface area contributed by atoms with Crippen molar-refractivity contribution in [1.82, 2.24) is 10.6 Å². The van der Waals surface area contributed by atoms with Crippen molar-refractivity contribution in [3.8, 4) is 0 Å². The van der Waals surface area contributed by atoms with Crippen LogP contribution < -0.4 is 16.4 Å². The maximum atomic E-state index is 11.1. The van der Waals surface area contributed by atoms with Gasteiger partial charge in [-0.15, -0.1) is 0 Å². The first-order chi connectivity index (χ1) is 6.43. The van der Waals surface area contributed by atoms with Crippen molar-refractivity contribution < 1.29 is 19.5 Å². The van der Waals surface area contributed by atoms with E-state index in [1.54, 1.807) is 0 Å². The predicted molar refractivity (Wildman–Crippen MR) is 47.4 cm³/mol. The number of rotatable bonds is 5. The second-order valence-electron chi connectivity index (χ2n) is 2.67. The Balaban J connectivity index is 3.73. The number of carboxylic acids is 1. The fourth-order valence-electron chi connectivity index (χ4n) is 0.725. The standard InChI is InChI=1S/C7H13N3O4/c1-4(10-7(8)14)6(13)9-3-2-5(11)12/h4H,2-3H2,1H3,(H,9,13)(H,11,12)(H3,8,10,14). The van der Waals surface area contributed by atoms with Gasteiger partial charge < -0.3 is 21.5 Å². The van der Waals surface area contributed by atoms with Crippen LogP contribution in [-0.4, -0.2) is 35.6 Å². The van der Waals surface area contributed by atoms with Crippen LogP contribution in [0.3, 0.4) is 0 Å². The first kappa shape index (κ1) is 12.2. The number of carboxylic acid groups (broad SMARTS) is 1. The molecule has 7 heteroatoms. The van der Waals surface area contributed by atoms with Gasteiger partial charge in [0.1, 0.15) is 6.04 Å². The second-order valence-corrected chi connectivity index (χ2v) is 2.67. The molecule has 14 heavy (non-hydrogen) atoms. The van der Waals surface area contributed by atoms with Crippen molar-refractivity contribution in [2.75, 3.05) is 6.54 Å². The third kappa shape index (κ3) is 5.81. The van der Waals surface area contributed by atoms with Gasteiger partial charge in [-0.3, -0.25) is 9.59 Å². The second kappa shape index (κ2) is 5.79. The molecule has 0 heterocycles. The minimum absolute atomic E-state index is 0.0267. The van der Waals surface area contributed by atoms with Crippen LogP contribution in [0.15, 0.2) is 0 Å². The first-order valence-corrected chi connectivity index (χ1v) is 3.99. The average Bonchev–Trinajstić information content (AvgIpc) is 2.01. The van der Waals surface area contributed by atoms with E-state index in [1.165, 1.54) is 6.92 Å². The summed E-state index contributed by atoms with van der Waals surface area (Å²) < 4.78 is 0. The number of nitrogens with two attached hydrogens (primary N) is 1. The minimum Gasteiger partial charge on any atom is -0.481 e. The molecular weight excluding hydrogens is 190 g/mol. The molecule has 0 aromatic heterocycles. The number of carbonyl (C=O) groups is 3. The van der Waals surface area contributed by atoms with Gasteiger partial charge in [-0.1, -0.05) is 0 Å². The van der Waals surface area contributed by atoms with E-state index in [9.17, 15) is 14.4 Å². The Morgan fingerprint density at radius 3 is 2.43 bits per heavy atom. The summed E-state index contributed by atoms with van der Waals surface area (Å²) in [4.78, 5) is 31.5. The Bertz CT molecular complexity index is 241. The van der Waals surface area contributed by atoms with E-state index in [4.69, 9.17) is 10.8 Å². The van der Waals surface area contributed by atoms with Crippen LogP contribution in [0, 0.1) is 0 Å². The van der Waals surface area contributed by atoms with Crippen LogP contribution in [0.4, 0.5) is 4.79 Å². The van der Waals surface area contributed by atoms with Crippen molar-refractivity contribution in [1.29, 1.82) is 0 Å². The van der Waals surface area contributed by atoms with Gasteiger partial charge >= 0.3 is 12.0 Å². The molecule has 0 bridgehead atoms. The van der Waals surface area contributed by atoms with Gasteiger partial charge in [-0.05, 0) is 6.92 Å². The lowest BCUT2D eigenvalue weighted by Crippen LogP contribution is -2.47. The zero-order valence-corrected chi connectivity index (χ0v) is 7.74. The molecule has 80 valence electrons. The predicted octanol–water partition coefficient (Wildman–Crippen LogP) is -1.37. The van der Waals surface area contributed by atoms with E-state index in [0.29, 0.717) is 0 Å². The third-order valence-corrected chi connectivity index (χ3v) is 1.39. The highest BCUT2D eigenvalue weighted by molar-refractivity contribution is 5.86. The molecule has 0 aliphatic heterocycles. The van der Waals surface area contributed by atoms with Gasteiger partial charge in [0, 0.05) is 6.54 Å². The summed E-state index contributed by atoms with van der Waals surface area (Å²) in [5.74, 6) is -1.47. The molecule has 5 N–H and O–H groups in total. The Labute approximate surface area is 80.6 Å². The fourth-order valence-corrected chi connectivity index (χ4v) is 0.725. The summed E-state index contributed by atoms with van der Waals surface area (Å²) in [5, 5.41) is 12.8. The van der Waals surface area contributed by atoms with Gasteiger partial charge in [0.15, 0.2) is 0 Å². The van der Waals surface area contributed by atoms with E-state index >= 15 is 0 Å². The summed E-state index contributed by atoms with van der Waals surface area (Å²) in [6.45, 7) is 1.47. The largest absolute Gasteiger partial charge is 0.481 e. The lowest BCUT2D eigenvalue weighted by Gasteiger charge is -2.11. The molecule has 0 radical (unpaired) electrons. The third-order valence-electron chi connectivity index (χ3n) is 1.39. The maximum Gasteiger partial charge on any atom is 0.312 e. The van der Waals surface area contributed by atoms with Crippen LogP contribution >= 0.6 is 0 Å². The summed E-state index contributed by atoms with van der Waals surface area (Å²) in [7, 11) is 0. The molecule has 0 fully saturated rings. The topological polar surface area (TPSA) is 122 Å². The maximum absolute atomic E-state index is 11.1. The molecule has 0 aliphatic carbocycles. The van der Waals surface area contributed by atoms with Gasteiger partial charge in [0.2, 0.25) is 5.91 Å². The molecule has 0 saturated carbocycles. The molecule has 1 atom stereocenters. The van der Waals surface area contributed by atoms with Gasteiger partial charge in [-0.2, -0.15) is 0 Å². The molecule has 1 unspecified atom stereocenters. The highest BCUT2D eigenvalue weighted by Gasteiger charge is 2.13. The van der Waals surface area contributed by atoms with Crippen molar-refractivity contribution in [2.45, 2.75) is 19.4 Å². The number of primary amides is 1. The van der Waals surface area contributed by atoms with E-state index in [0.717, 1.165) is 0 Å². The van der Waals surface area contributed by atoms with Gasteiger partial charge in [-0.25, -0.2) is 4.79 Å². The number of carbonyl (C=O) groups excluding carboxylic acids is 2. The number of urea groups is 1. The highest BCUT2D eigenvalue weighted by atomic mass is 16.4. The van der Waals surface area contributed by atoms with Crippen molar-refractivity contribution in [2.24, 2.45) is 5.73 Å². The lowest BCUT2D eigenvalue weighted by molar-refractivity contribution is -0.136. The van der Waals surface area contributed by atoms with Crippen molar-refractivity contribution in [3.63, 3.8) is 0 Å². The SMILES string of the molecule is CC(NC(N)=O)C(=O)NCCC(=O)O. The van der Waals surface area contributed by atoms with Crippen molar-refractivity contribution >= 4 is 17.9 Å². The summed E-state index contributed by atoms with van der Waals surface area (Å²) in [5.41, 5.74) is 4.78. The molecule has 7 nitrogen and oxygen atoms in total. The van der Waals surface area contributed by atoms with Gasteiger partial charge in [0.05, 0.1) is 6.42 Å². The Hall–Kier alpha value is -1.79. The van der Waals surface area contributed by atoms with E-state index in [2.05, 4.69) is 10.6 Å². The average molecular weight is 203 g/mol. The first-order valence-electron chi connectivity index (χ1n) is 3.99. The number of nitrogens with one attached hydrogen (secondary N) is 2. The molecule has 0 aromatic rings. The summed E-state index contributed by atoms with van der Waals surface area (Å²) in [6, 6.07) is -1.56. The quantitative estimate of drug-likeness (QED) is 0.440. The number of hydrogen-bond donors (Lipinski definition) is 4. The van der Waals surface area contributed by atoms with E-state index < -0.39 is 23.9 Å². The highest BCUT2D eigenvalue weighted by Crippen LogP contribution is 1.82. The Morgan fingerprint density at radius 2 is 2.00 bits per heavy atom. The van der Waals surface area contributed by atoms with Crippen LogP contribution in [0.2, 0.25) is 0 Å². The number of amides is 3. The number of hydrogen-bond acceptors (Lipinski definition) is 3. The molecule has 0 aliphatic rings.